The summed E-state index contributed by atoms with van der Waals surface area (Å²) in [6, 6.07) is 2.15. The summed E-state index contributed by atoms with van der Waals surface area (Å²) < 4.78 is 4.73. The smallest absolute Gasteiger partial charge is 0.319 e. The van der Waals surface area contributed by atoms with Gasteiger partial charge < -0.3 is 10.1 Å². The highest BCUT2D eigenvalue weighted by molar-refractivity contribution is 5.71. The molecular weight excluding hydrogens is 168 g/mol. The minimum absolute atomic E-state index is 0.0920. The molecule has 0 bridgehead atoms. The Morgan fingerprint density at radius 1 is 1.62 bits per heavy atom. The Morgan fingerprint density at radius 3 is 2.77 bits per heavy atom. The number of rotatable bonds is 6. The number of nitrogens with zero attached hydrogens (tertiary/aromatic N) is 1. The minimum Gasteiger partial charge on any atom is -0.465 e. The molecule has 0 aromatic rings. The fraction of sp³-hybridized carbons (Fsp3) is 0.778. The molecule has 4 heteroatoms. The Morgan fingerprint density at radius 2 is 2.31 bits per heavy atom. The van der Waals surface area contributed by atoms with Gasteiger partial charge >= 0.3 is 5.97 Å². The van der Waals surface area contributed by atoms with Crippen LogP contribution in [0.2, 0.25) is 0 Å². The molecule has 0 aromatic heterocycles. The SMILES string of the molecule is CCOC(=O)CNC(CC)CC#N. The first-order valence-electron chi connectivity index (χ1n) is 4.50. The third kappa shape index (κ3) is 6.12. The number of ether oxygens (including phenoxy) is 1. The van der Waals surface area contributed by atoms with Crippen LogP contribution in [-0.2, 0) is 9.53 Å². The lowest BCUT2D eigenvalue weighted by molar-refractivity contribution is -0.142. The monoisotopic (exact) mass is 184 g/mol. The van der Waals surface area contributed by atoms with Crippen molar-refractivity contribution in [2.75, 3.05) is 13.2 Å². The molecule has 0 saturated carbocycles. The van der Waals surface area contributed by atoms with Crippen molar-refractivity contribution in [2.24, 2.45) is 0 Å². The topological polar surface area (TPSA) is 62.1 Å². The standard InChI is InChI=1S/C9H16N2O2/c1-3-8(5-6-10)11-7-9(12)13-4-2/h8,11H,3-5,7H2,1-2H3. The first-order valence-corrected chi connectivity index (χ1v) is 4.50. The zero-order valence-electron chi connectivity index (χ0n) is 8.17. The molecule has 0 heterocycles. The van der Waals surface area contributed by atoms with Crippen LogP contribution in [0.3, 0.4) is 0 Å². The number of hydrogen-bond donors (Lipinski definition) is 1. The minimum atomic E-state index is -0.265. The molecule has 4 nitrogen and oxygen atoms in total. The number of nitriles is 1. The molecule has 0 rings (SSSR count). The van der Waals surface area contributed by atoms with Crippen LogP contribution in [0.25, 0.3) is 0 Å². The Hall–Kier alpha value is -1.08. The quantitative estimate of drug-likeness (QED) is 0.621. The molecule has 1 atom stereocenters. The highest BCUT2D eigenvalue weighted by Crippen LogP contribution is 1.95. The summed E-state index contributed by atoms with van der Waals surface area (Å²) in [5.41, 5.74) is 0. The van der Waals surface area contributed by atoms with Crippen molar-refractivity contribution in [2.45, 2.75) is 32.7 Å². The van der Waals surface area contributed by atoms with Gasteiger partial charge in [-0.3, -0.25) is 4.79 Å². The van der Waals surface area contributed by atoms with E-state index in [1.54, 1.807) is 6.92 Å². The summed E-state index contributed by atoms with van der Waals surface area (Å²) in [6.07, 6.45) is 1.27. The van der Waals surface area contributed by atoms with Crippen molar-refractivity contribution in [1.82, 2.24) is 5.32 Å². The Kier molecular flexibility index (Phi) is 6.93. The van der Waals surface area contributed by atoms with Gasteiger partial charge in [0.2, 0.25) is 0 Å². The number of carbonyl (C=O) groups is 1. The van der Waals surface area contributed by atoms with Crippen LogP contribution in [0, 0.1) is 11.3 Å². The lowest BCUT2D eigenvalue weighted by atomic mass is 10.2. The summed E-state index contributed by atoms with van der Waals surface area (Å²) in [6.45, 7) is 4.33. The van der Waals surface area contributed by atoms with E-state index in [1.165, 1.54) is 0 Å². The predicted octanol–water partition coefficient (Wildman–Crippen LogP) is 0.831. The van der Waals surface area contributed by atoms with Gasteiger partial charge in [0.05, 0.1) is 25.6 Å². The molecule has 0 aliphatic heterocycles. The Bertz CT molecular complexity index is 187. The van der Waals surface area contributed by atoms with Gasteiger partial charge in [-0.25, -0.2) is 0 Å². The first-order chi connectivity index (χ1) is 6.24. The van der Waals surface area contributed by atoms with Crippen molar-refractivity contribution in [3.05, 3.63) is 0 Å². The molecule has 13 heavy (non-hydrogen) atoms. The van der Waals surface area contributed by atoms with Crippen LogP contribution in [0.15, 0.2) is 0 Å². The molecule has 0 radical (unpaired) electrons. The van der Waals surface area contributed by atoms with Crippen LogP contribution >= 0.6 is 0 Å². The second kappa shape index (κ2) is 7.56. The number of esters is 1. The largest absolute Gasteiger partial charge is 0.465 e. The van der Waals surface area contributed by atoms with Crippen LogP contribution in [0.1, 0.15) is 26.7 Å². The number of carbonyl (C=O) groups excluding carboxylic acids is 1. The van der Waals surface area contributed by atoms with Crippen molar-refractivity contribution in [3.63, 3.8) is 0 Å². The highest BCUT2D eigenvalue weighted by atomic mass is 16.5. The molecule has 0 spiro atoms. The maximum absolute atomic E-state index is 10.9. The molecular formula is C9H16N2O2. The van der Waals surface area contributed by atoms with Gasteiger partial charge in [0.15, 0.2) is 0 Å². The van der Waals surface area contributed by atoms with Crippen LogP contribution in [0.5, 0.6) is 0 Å². The van der Waals surface area contributed by atoms with Crippen molar-refractivity contribution in [1.29, 1.82) is 5.26 Å². The maximum atomic E-state index is 10.9. The zero-order valence-corrected chi connectivity index (χ0v) is 8.17. The van der Waals surface area contributed by atoms with Gasteiger partial charge in [-0.2, -0.15) is 5.26 Å². The number of nitrogens with one attached hydrogen (secondary N) is 1. The predicted molar refractivity (Wildman–Crippen MR) is 48.9 cm³/mol. The summed E-state index contributed by atoms with van der Waals surface area (Å²) in [5.74, 6) is -0.265. The van der Waals surface area contributed by atoms with E-state index in [-0.39, 0.29) is 18.6 Å². The molecule has 1 N–H and O–H groups in total. The van der Waals surface area contributed by atoms with E-state index >= 15 is 0 Å². The second-order valence-electron chi connectivity index (χ2n) is 2.65. The maximum Gasteiger partial charge on any atom is 0.319 e. The molecule has 0 fully saturated rings. The van der Waals surface area contributed by atoms with E-state index in [4.69, 9.17) is 10.00 Å². The molecule has 0 saturated heterocycles. The van der Waals surface area contributed by atoms with Gasteiger partial charge in [-0.05, 0) is 13.3 Å². The summed E-state index contributed by atoms with van der Waals surface area (Å²) in [4.78, 5) is 10.9. The number of hydrogen-bond acceptors (Lipinski definition) is 4. The molecule has 74 valence electrons. The molecule has 0 aromatic carbocycles. The van der Waals surface area contributed by atoms with Crippen molar-refractivity contribution >= 4 is 5.97 Å². The lowest BCUT2D eigenvalue weighted by Crippen LogP contribution is -2.33. The van der Waals surface area contributed by atoms with E-state index < -0.39 is 0 Å². The fourth-order valence-corrected chi connectivity index (χ4v) is 0.911. The van der Waals surface area contributed by atoms with Crippen LogP contribution < -0.4 is 5.32 Å². The Labute approximate surface area is 78.9 Å². The van der Waals surface area contributed by atoms with Gasteiger partial charge in [0.25, 0.3) is 0 Å². The van der Waals surface area contributed by atoms with Gasteiger partial charge in [0.1, 0.15) is 0 Å². The van der Waals surface area contributed by atoms with Crippen molar-refractivity contribution in [3.8, 4) is 6.07 Å². The van der Waals surface area contributed by atoms with Gasteiger partial charge in [-0.15, -0.1) is 0 Å². The third-order valence-electron chi connectivity index (χ3n) is 1.67. The summed E-state index contributed by atoms with van der Waals surface area (Å²) >= 11 is 0. The van der Waals surface area contributed by atoms with E-state index in [1.807, 2.05) is 6.92 Å². The van der Waals surface area contributed by atoms with E-state index in [2.05, 4.69) is 11.4 Å². The van der Waals surface area contributed by atoms with E-state index in [9.17, 15) is 4.79 Å². The normalized spacial score (nSPS) is 11.8. The lowest BCUT2D eigenvalue weighted by Gasteiger charge is -2.12. The fourth-order valence-electron chi connectivity index (χ4n) is 0.911. The third-order valence-corrected chi connectivity index (χ3v) is 1.67. The molecule has 0 amide bonds. The second-order valence-corrected chi connectivity index (χ2v) is 2.65. The molecule has 0 aliphatic carbocycles. The average Bonchev–Trinajstić information content (AvgIpc) is 2.12. The van der Waals surface area contributed by atoms with Gasteiger partial charge in [0, 0.05) is 6.04 Å². The highest BCUT2D eigenvalue weighted by Gasteiger charge is 2.07. The summed E-state index contributed by atoms with van der Waals surface area (Å²) in [7, 11) is 0. The average molecular weight is 184 g/mol. The van der Waals surface area contributed by atoms with E-state index in [0.717, 1.165) is 6.42 Å². The Balaban J connectivity index is 3.60. The first kappa shape index (κ1) is 11.9. The van der Waals surface area contributed by atoms with Gasteiger partial charge in [-0.1, -0.05) is 6.92 Å². The van der Waals surface area contributed by atoms with Crippen LogP contribution in [0.4, 0.5) is 0 Å². The van der Waals surface area contributed by atoms with Crippen molar-refractivity contribution < 1.29 is 9.53 Å². The zero-order chi connectivity index (χ0) is 10.1. The van der Waals surface area contributed by atoms with Crippen LogP contribution in [-0.4, -0.2) is 25.2 Å². The molecule has 0 aliphatic rings. The molecule has 1 unspecified atom stereocenters. The van der Waals surface area contributed by atoms with E-state index in [0.29, 0.717) is 13.0 Å². The summed E-state index contributed by atoms with van der Waals surface area (Å²) in [5, 5.41) is 11.4.